The van der Waals surface area contributed by atoms with Crippen molar-refractivity contribution in [3.63, 3.8) is 0 Å². The van der Waals surface area contributed by atoms with Crippen molar-refractivity contribution in [3.05, 3.63) is 0 Å². The molecule has 0 bridgehead atoms. The Morgan fingerprint density at radius 3 is 2.62 bits per heavy atom. The zero-order valence-electron chi connectivity index (χ0n) is 10.9. The van der Waals surface area contributed by atoms with Crippen molar-refractivity contribution in [3.8, 4) is 0 Å². The minimum Gasteiger partial charge on any atom is -0.377 e. The number of ether oxygens (including phenoxy) is 1. The van der Waals surface area contributed by atoms with Gasteiger partial charge in [0.15, 0.2) is 0 Å². The Morgan fingerprint density at radius 2 is 2.06 bits per heavy atom. The van der Waals surface area contributed by atoms with Gasteiger partial charge in [0, 0.05) is 19.7 Å². The average Bonchev–Trinajstić information content (AvgIpc) is 2.29. The summed E-state index contributed by atoms with van der Waals surface area (Å²) in [7, 11) is 1.87. The Labute approximate surface area is 100 Å². The summed E-state index contributed by atoms with van der Waals surface area (Å²) in [6.07, 6.45) is 10.8. The van der Waals surface area contributed by atoms with E-state index in [1.165, 1.54) is 51.4 Å². The molecule has 0 heterocycles. The number of hydrogen-bond donors (Lipinski definition) is 1. The molecule has 1 N–H and O–H groups in total. The molecular formula is C14H27NO. The van der Waals surface area contributed by atoms with Crippen molar-refractivity contribution in [2.24, 2.45) is 5.92 Å². The van der Waals surface area contributed by atoms with Crippen molar-refractivity contribution in [1.29, 1.82) is 0 Å². The van der Waals surface area contributed by atoms with Crippen LogP contribution >= 0.6 is 0 Å². The monoisotopic (exact) mass is 225 g/mol. The van der Waals surface area contributed by atoms with E-state index in [2.05, 4.69) is 12.2 Å². The highest BCUT2D eigenvalue weighted by Crippen LogP contribution is 2.35. The molecule has 2 unspecified atom stereocenters. The lowest BCUT2D eigenvalue weighted by Gasteiger charge is -2.42. The molecule has 0 radical (unpaired) electrons. The standard InChI is InChI=1S/C14H27NO/c1-3-12-6-4-7-13(10-12)15-11-14(16-2)8-5-9-14/h12-13,15H,3-11H2,1-2H3. The fraction of sp³-hybridized carbons (Fsp3) is 1.00. The Balaban J connectivity index is 1.72. The van der Waals surface area contributed by atoms with Gasteiger partial charge in [-0.3, -0.25) is 0 Å². The van der Waals surface area contributed by atoms with Gasteiger partial charge in [0.1, 0.15) is 0 Å². The highest BCUT2D eigenvalue weighted by Gasteiger charge is 2.37. The minimum atomic E-state index is 0.194. The van der Waals surface area contributed by atoms with E-state index in [9.17, 15) is 0 Å². The largest absolute Gasteiger partial charge is 0.377 e. The molecule has 2 aliphatic carbocycles. The summed E-state index contributed by atoms with van der Waals surface area (Å²) in [6, 6.07) is 0.756. The second-order valence-electron chi connectivity index (χ2n) is 5.76. The first kappa shape index (κ1) is 12.4. The summed E-state index contributed by atoms with van der Waals surface area (Å²) < 4.78 is 5.66. The molecule has 94 valence electrons. The van der Waals surface area contributed by atoms with E-state index in [-0.39, 0.29) is 5.60 Å². The van der Waals surface area contributed by atoms with E-state index in [4.69, 9.17) is 4.74 Å². The van der Waals surface area contributed by atoms with Gasteiger partial charge in [0.05, 0.1) is 5.60 Å². The Bertz CT molecular complexity index is 207. The van der Waals surface area contributed by atoms with Gasteiger partial charge in [-0.2, -0.15) is 0 Å². The summed E-state index contributed by atoms with van der Waals surface area (Å²) in [5.74, 6) is 0.964. The Morgan fingerprint density at radius 1 is 1.25 bits per heavy atom. The van der Waals surface area contributed by atoms with Crippen molar-refractivity contribution in [2.45, 2.75) is 69.9 Å². The van der Waals surface area contributed by atoms with Crippen LogP contribution in [0, 0.1) is 5.92 Å². The first-order valence-corrected chi connectivity index (χ1v) is 7.06. The van der Waals surface area contributed by atoms with Gasteiger partial charge in [-0.05, 0) is 38.0 Å². The van der Waals surface area contributed by atoms with E-state index in [0.29, 0.717) is 0 Å². The molecular weight excluding hydrogens is 198 g/mol. The first-order chi connectivity index (χ1) is 7.78. The quantitative estimate of drug-likeness (QED) is 0.776. The maximum atomic E-state index is 5.66. The molecule has 0 amide bonds. The number of methoxy groups -OCH3 is 1. The van der Waals surface area contributed by atoms with E-state index >= 15 is 0 Å². The predicted molar refractivity (Wildman–Crippen MR) is 67.6 cm³/mol. The third kappa shape index (κ3) is 2.78. The van der Waals surface area contributed by atoms with Crippen molar-refractivity contribution in [2.75, 3.05) is 13.7 Å². The summed E-state index contributed by atoms with van der Waals surface area (Å²) in [6.45, 7) is 3.40. The second kappa shape index (κ2) is 5.50. The maximum Gasteiger partial charge on any atom is 0.0802 e. The van der Waals surface area contributed by atoms with Crippen LogP contribution in [-0.2, 0) is 4.74 Å². The molecule has 2 saturated carbocycles. The van der Waals surface area contributed by atoms with Gasteiger partial charge in [-0.25, -0.2) is 0 Å². The predicted octanol–water partition coefficient (Wildman–Crippen LogP) is 3.11. The van der Waals surface area contributed by atoms with Gasteiger partial charge in [0.2, 0.25) is 0 Å². The third-order valence-corrected chi connectivity index (χ3v) is 4.77. The Hall–Kier alpha value is -0.0800. The molecule has 2 aliphatic rings. The van der Waals surface area contributed by atoms with Crippen LogP contribution in [-0.4, -0.2) is 25.3 Å². The van der Waals surface area contributed by atoms with Crippen LogP contribution in [0.3, 0.4) is 0 Å². The van der Waals surface area contributed by atoms with E-state index in [1.807, 2.05) is 7.11 Å². The van der Waals surface area contributed by atoms with Gasteiger partial charge < -0.3 is 10.1 Å². The summed E-state index contributed by atoms with van der Waals surface area (Å²) in [5.41, 5.74) is 0.194. The second-order valence-corrected chi connectivity index (χ2v) is 5.76. The summed E-state index contributed by atoms with van der Waals surface area (Å²) in [5, 5.41) is 3.75. The lowest BCUT2D eigenvalue weighted by molar-refractivity contribution is -0.0716. The molecule has 16 heavy (non-hydrogen) atoms. The molecule has 2 atom stereocenters. The zero-order valence-corrected chi connectivity index (χ0v) is 10.9. The smallest absolute Gasteiger partial charge is 0.0802 e. The average molecular weight is 225 g/mol. The summed E-state index contributed by atoms with van der Waals surface area (Å²) >= 11 is 0. The molecule has 0 aromatic carbocycles. The molecule has 2 heteroatoms. The lowest BCUT2D eigenvalue weighted by atomic mass is 9.79. The topological polar surface area (TPSA) is 21.3 Å². The minimum absolute atomic E-state index is 0.194. The summed E-state index contributed by atoms with van der Waals surface area (Å²) in [4.78, 5) is 0. The highest BCUT2D eigenvalue weighted by molar-refractivity contribution is 4.93. The highest BCUT2D eigenvalue weighted by atomic mass is 16.5. The van der Waals surface area contributed by atoms with Crippen LogP contribution in [0.5, 0.6) is 0 Å². The van der Waals surface area contributed by atoms with Gasteiger partial charge >= 0.3 is 0 Å². The van der Waals surface area contributed by atoms with E-state index in [0.717, 1.165) is 18.5 Å². The van der Waals surface area contributed by atoms with Gasteiger partial charge in [0.25, 0.3) is 0 Å². The maximum absolute atomic E-state index is 5.66. The van der Waals surface area contributed by atoms with Crippen LogP contribution in [0.4, 0.5) is 0 Å². The number of hydrogen-bond acceptors (Lipinski definition) is 2. The molecule has 0 aromatic heterocycles. The molecule has 0 spiro atoms. The van der Waals surface area contributed by atoms with Crippen LogP contribution < -0.4 is 5.32 Å². The molecule has 0 aliphatic heterocycles. The lowest BCUT2D eigenvalue weighted by Crippen LogP contribution is -2.51. The van der Waals surface area contributed by atoms with Crippen LogP contribution in [0.25, 0.3) is 0 Å². The van der Waals surface area contributed by atoms with Crippen LogP contribution in [0.2, 0.25) is 0 Å². The van der Waals surface area contributed by atoms with E-state index in [1.54, 1.807) is 0 Å². The molecule has 2 fully saturated rings. The SMILES string of the molecule is CCC1CCCC(NCC2(OC)CCC2)C1. The van der Waals surface area contributed by atoms with E-state index < -0.39 is 0 Å². The van der Waals surface area contributed by atoms with Crippen molar-refractivity contribution >= 4 is 0 Å². The zero-order chi connectivity index (χ0) is 11.4. The van der Waals surface area contributed by atoms with Crippen LogP contribution in [0.1, 0.15) is 58.3 Å². The molecule has 0 saturated heterocycles. The molecule has 2 nitrogen and oxygen atoms in total. The fourth-order valence-electron chi connectivity index (χ4n) is 3.20. The van der Waals surface area contributed by atoms with Crippen LogP contribution in [0.15, 0.2) is 0 Å². The van der Waals surface area contributed by atoms with Gasteiger partial charge in [-0.15, -0.1) is 0 Å². The van der Waals surface area contributed by atoms with Crippen molar-refractivity contribution < 1.29 is 4.74 Å². The Kier molecular flexibility index (Phi) is 4.26. The normalized spacial score (nSPS) is 33.4. The molecule has 2 rings (SSSR count). The fourth-order valence-corrected chi connectivity index (χ4v) is 3.20. The number of nitrogens with one attached hydrogen (secondary N) is 1. The van der Waals surface area contributed by atoms with Gasteiger partial charge in [-0.1, -0.05) is 26.2 Å². The number of rotatable bonds is 5. The molecule has 0 aromatic rings. The van der Waals surface area contributed by atoms with Crippen molar-refractivity contribution in [1.82, 2.24) is 5.32 Å². The first-order valence-electron chi connectivity index (χ1n) is 7.06. The third-order valence-electron chi connectivity index (χ3n) is 4.77.